The summed E-state index contributed by atoms with van der Waals surface area (Å²) < 4.78 is 11.0. The van der Waals surface area contributed by atoms with Gasteiger partial charge in [0.25, 0.3) is 5.91 Å². The smallest absolute Gasteiger partial charge is 0.263 e. The highest BCUT2D eigenvalue weighted by atomic mass is 16.5. The quantitative estimate of drug-likeness (QED) is 0.785. The summed E-state index contributed by atoms with van der Waals surface area (Å²) in [5.41, 5.74) is 1.10. The van der Waals surface area contributed by atoms with Crippen molar-refractivity contribution in [3.05, 3.63) is 60.2 Å². The van der Waals surface area contributed by atoms with Gasteiger partial charge in [0, 0.05) is 19.7 Å². The van der Waals surface area contributed by atoms with Crippen molar-refractivity contribution in [3.8, 4) is 11.5 Å². The zero-order chi connectivity index (χ0) is 16.7. The average Bonchev–Trinajstić information content (AvgIpc) is 2.60. The van der Waals surface area contributed by atoms with Crippen LogP contribution in [-0.4, -0.2) is 31.1 Å². The second-order valence-corrected chi connectivity index (χ2v) is 5.37. The molecule has 0 bridgehead atoms. The van der Waals surface area contributed by atoms with Gasteiger partial charge in [-0.3, -0.25) is 4.79 Å². The van der Waals surface area contributed by atoms with E-state index in [1.165, 1.54) is 0 Å². The SMILES string of the molecule is CC[C@@H](Oc1cccc(OC)c1)C(=O)N(C)Cc1ccccc1. The largest absolute Gasteiger partial charge is 0.497 e. The lowest BCUT2D eigenvalue weighted by molar-refractivity contribution is -0.138. The van der Waals surface area contributed by atoms with Crippen LogP contribution in [0.2, 0.25) is 0 Å². The molecule has 2 aromatic carbocycles. The number of amides is 1. The second kappa shape index (κ2) is 8.22. The number of methoxy groups -OCH3 is 1. The Kier molecular flexibility index (Phi) is 6.03. The van der Waals surface area contributed by atoms with E-state index in [0.29, 0.717) is 24.5 Å². The summed E-state index contributed by atoms with van der Waals surface area (Å²) in [4.78, 5) is 14.3. The van der Waals surface area contributed by atoms with E-state index in [1.807, 2.05) is 55.5 Å². The highest BCUT2D eigenvalue weighted by Crippen LogP contribution is 2.21. The molecule has 0 N–H and O–H groups in total. The maximum atomic E-state index is 12.6. The summed E-state index contributed by atoms with van der Waals surface area (Å²) in [5, 5.41) is 0. The lowest BCUT2D eigenvalue weighted by Gasteiger charge is -2.24. The van der Waals surface area contributed by atoms with Crippen LogP contribution in [0.3, 0.4) is 0 Å². The molecule has 0 heterocycles. The lowest BCUT2D eigenvalue weighted by Crippen LogP contribution is -2.39. The zero-order valence-corrected chi connectivity index (χ0v) is 13.9. The van der Waals surface area contributed by atoms with E-state index in [0.717, 1.165) is 5.56 Å². The predicted octanol–water partition coefficient (Wildman–Crippen LogP) is 3.51. The molecule has 0 aliphatic carbocycles. The molecule has 4 heteroatoms. The van der Waals surface area contributed by atoms with E-state index >= 15 is 0 Å². The molecule has 0 spiro atoms. The van der Waals surface area contributed by atoms with Crippen molar-refractivity contribution >= 4 is 5.91 Å². The molecule has 4 nitrogen and oxygen atoms in total. The fraction of sp³-hybridized carbons (Fsp3) is 0.316. The molecule has 2 rings (SSSR count). The number of benzene rings is 2. The summed E-state index contributed by atoms with van der Waals surface area (Å²) in [6.07, 6.45) is 0.102. The Morgan fingerprint density at radius 3 is 2.43 bits per heavy atom. The fourth-order valence-corrected chi connectivity index (χ4v) is 2.33. The number of likely N-dealkylation sites (N-methyl/N-ethyl adjacent to an activating group) is 1. The zero-order valence-electron chi connectivity index (χ0n) is 13.9. The third-order valence-corrected chi connectivity index (χ3v) is 3.60. The second-order valence-electron chi connectivity index (χ2n) is 5.37. The summed E-state index contributed by atoms with van der Waals surface area (Å²) in [6.45, 7) is 2.51. The van der Waals surface area contributed by atoms with E-state index in [4.69, 9.17) is 9.47 Å². The van der Waals surface area contributed by atoms with Crippen LogP contribution in [-0.2, 0) is 11.3 Å². The highest BCUT2D eigenvalue weighted by Gasteiger charge is 2.22. The van der Waals surface area contributed by atoms with Gasteiger partial charge >= 0.3 is 0 Å². The van der Waals surface area contributed by atoms with Gasteiger partial charge in [-0.1, -0.05) is 43.3 Å². The molecule has 0 aliphatic heterocycles. The summed E-state index contributed by atoms with van der Waals surface area (Å²) in [6, 6.07) is 17.2. The minimum absolute atomic E-state index is 0.0285. The van der Waals surface area contributed by atoms with E-state index in [1.54, 1.807) is 25.1 Å². The van der Waals surface area contributed by atoms with Crippen molar-refractivity contribution in [1.82, 2.24) is 4.90 Å². The number of carbonyl (C=O) groups excluding carboxylic acids is 1. The molecule has 0 radical (unpaired) electrons. The molecule has 0 aliphatic rings. The molecule has 23 heavy (non-hydrogen) atoms. The maximum absolute atomic E-state index is 12.6. The van der Waals surface area contributed by atoms with Gasteiger partial charge in [0.05, 0.1) is 7.11 Å². The molecule has 1 atom stereocenters. The van der Waals surface area contributed by atoms with Crippen LogP contribution in [0.1, 0.15) is 18.9 Å². The molecular weight excluding hydrogens is 290 g/mol. The first-order valence-electron chi connectivity index (χ1n) is 7.73. The Balaban J connectivity index is 2.02. The van der Waals surface area contributed by atoms with Gasteiger partial charge in [-0.25, -0.2) is 0 Å². The van der Waals surface area contributed by atoms with Crippen LogP contribution in [0.5, 0.6) is 11.5 Å². The Bertz CT molecular complexity index is 628. The third kappa shape index (κ3) is 4.74. The van der Waals surface area contributed by atoms with E-state index in [2.05, 4.69) is 0 Å². The van der Waals surface area contributed by atoms with E-state index in [-0.39, 0.29) is 5.91 Å². The monoisotopic (exact) mass is 313 g/mol. The molecule has 0 unspecified atom stereocenters. The van der Waals surface area contributed by atoms with Gasteiger partial charge in [0.15, 0.2) is 6.10 Å². The maximum Gasteiger partial charge on any atom is 0.263 e. The summed E-state index contributed by atoms with van der Waals surface area (Å²) in [7, 11) is 3.40. The average molecular weight is 313 g/mol. The van der Waals surface area contributed by atoms with Crippen LogP contribution >= 0.6 is 0 Å². The van der Waals surface area contributed by atoms with Crippen LogP contribution in [0.25, 0.3) is 0 Å². The minimum Gasteiger partial charge on any atom is -0.497 e. The highest BCUT2D eigenvalue weighted by molar-refractivity contribution is 5.81. The number of rotatable bonds is 7. The summed E-state index contributed by atoms with van der Waals surface area (Å²) in [5.74, 6) is 1.32. The Labute approximate surface area is 137 Å². The van der Waals surface area contributed by atoms with Crippen molar-refractivity contribution in [2.75, 3.05) is 14.2 Å². The molecule has 122 valence electrons. The molecule has 1 amide bonds. The first-order chi connectivity index (χ1) is 11.1. The molecular formula is C19H23NO3. The van der Waals surface area contributed by atoms with Gasteiger partial charge in [0.1, 0.15) is 11.5 Å². The summed E-state index contributed by atoms with van der Waals surface area (Å²) >= 11 is 0. The van der Waals surface area contributed by atoms with Gasteiger partial charge in [0.2, 0.25) is 0 Å². The van der Waals surface area contributed by atoms with E-state index < -0.39 is 6.10 Å². The Hall–Kier alpha value is -2.49. The van der Waals surface area contributed by atoms with Crippen LogP contribution in [0.15, 0.2) is 54.6 Å². The van der Waals surface area contributed by atoms with Crippen LogP contribution in [0, 0.1) is 0 Å². The van der Waals surface area contributed by atoms with Crippen LogP contribution in [0.4, 0.5) is 0 Å². The molecule has 2 aromatic rings. The molecule has 0 aromatic heterocycles. The van der Waals surface area contributed by atoms with Crippen LogP contribution < -0.4 is 9.47 Å². The third-order valence-electron chi connectivity index (χ3n) is 3.60. The van der Waals surface area contributed by atoms with Crippen molar-refractivity contribution in [3.63, 3.8) is 0 Å². The predicted molar refractivity (Wildman–Crippen MR) is 90.6 cm³/mol. The van der Waals surface area contributed by atoms with Gasteiger partial charge in [-0.2, -0.15) is 0 Å². The number of ether oxygens (including phenoxy) is 2. The first-order valence-corrected chi connectivity index (χ1v) is 7.73. The standard InChI is InChI=1S/C19H23NO3/c1-4-18(23-17-12-8-11-16(13-17)22-3)19(21)20(2)14-15-9-6-5-7-10-15/h5-13,18H,4,14H2,1-3H3/t18-/m1/s1. The number of carbonyl (C=O) groups is 1. The number of hydrogen-bond donors (Lipinski definition) is 0. The van der Waals surface area contributed by atoms with Crippen molar-refractivity contribution in [2.24, 2.45) is 0 Å². The topological polar surface area (TPSA) is 38.8 Å². The number of hydrogen-bond acceptors (Lipinski definition) is 3. The van der Waals surface area contributed by atoms with Crippen molar-refractivity contribution in [2.45, 2.75) is 26.0 Å². The van der Waals surface area contributed by atoms with Gasteiger partial charge in [-0.15, -0.1) is 0 Å². The van der Waals surface area contributed by atoms with Gasteiger partial charge < -0.3 is 14.4 Å². The normalized spacial score (nSPS) is 11.6. The van der Waals surface area contributed by atoms with Crippen molar-refractivity contribution in [1.29, 1.82) is 0 Å². The van der Waals surface area contributed by atoms with E-state index in [9.17, 15) is 4.79 Å². The molecule has 0 saturated carbocycles. The lowest BCUT2D eigenvalue weighted by atomic mass is 10.2. The number of nitrogens with zero attached hydrogens (tertiary/aromatic N) is 1. The molecule has 0 saturated heterocycles. The molecule has 0 fully saturated rings. The van der Waals surface area contributed by atoms with Crippen molar-refractivity contribution < 1.29 is 14.3 Å². The minimum atomic E-state index is -0.504. The first kappa shape index (κ1) is 16.9. The Morgan fingerprint density at radius 2 is 1.78 bits per heavy atom. The fourth-order valence-electron chi connectivity index (χ4n) is 2.33. The Morgan fingerprint density at radius 1 is 1.09 bits per heavy atom. The van der Waals surface area contributed by atoms with Gasteiger partial charge in [-0.05, 0) is 24.1 Å².